The van der Waals surface area contributed by atoms with Crippen molar-refractivity contribution in [3.05, 3.63) is 42.5 Å². The van der Waals surface area contributed by atoms with Crippen LogP contribution in [0.3, 0.4) is 0 Å². The van der Waals surface area contributed by atoms with Crippen molar-refractivity contribution >= 4 is 11.6 Å². The largest absolute Gasteiger partial charge is 0.313 e. The highest BCUT2D eigenvalue weighted by Crippen LogP contribution is 2.14. The number of allylic oxidation sites excluding steroid dienone is 2. The summed E-state index contributed by atoms with van der Waals surface area (Å²) in [5, 5.41) is 8.34. The number of amides is 1. The van der Waals surface area contributed by atoms with E-state index in [0.29, 0.717) is 6.54 Å². The summed E-state index contributed by atoms with van der Waals surface area (Å²) < 4.78 is 0. The smallest absolute Gasteiger partial charge is 0.223 e. The summed E-state index contributed by atoms with van der Waals surface area (Å²) in [6, 6.07) is 11.6. The molecule has 0 fully saturated rings. The Morgan fingerprint density at radius 3 is 2.71 bits per heavy atom. The van der Waals surface area contributed by atoms with Crippen molar-refractivity contribution in [1.82, 2.24) is 0 Å². The van der Waals surface area contributed by atoms with E-state index >= 15 is 0 Å². The Morgan fingerprint density at radius 2 is 2.12 bits per heavy atom. The molecule has 0 heterocycles. The Hall–Kier alpha value is -2.08. The van der Waals surface area contributed by atoms with E-state index in [-0.39, 0.29) is 5.91 Å². The van der Waals surface area contributed by atoms with Gasteiger partial charge in [-0.1, -0.05) is 24.3 Å². The molecular formula is C14H16N2O. The van der Waals surface area contributed by atoms with Gasteiger partial charge in [0.05, 0.1) is 6.07 Å². The lowest BCUT2D eigenvalue weighted by Gasteiger charge is -2.20. The topological polar surface area (TPSA) is 44.1 Å². The number of nitrogens with zero attached hydrogens (tertiary/aromatic N) is 2. The van der Waals surface area contributed by atoms with Crippen LogP contribution < -0.4 is 4.90 Å². The summed E-state index contributed by atoms with van der Waals surface area (Å²) in [5.74, 6) is 0.0421. The third kappa shape index (κ3) is 4.52. The zero-order valence-electron chi connectivity index (χ0n) is 9.97. The number of nitriles is 1. The fourth-order valence-electron chi connectivity index (χ4n) is 1.58. The first-order valence-corrected chi connectivity index (χ1v) is 5.63. The summed E-state index contributed by atoms with van der Waals surface area (Å²) in [6.45, 7) is 2.24. The third-order valence-corrected chi connectivity index (χ3v) is 2.39. The Bertz CT molecular complexity index is 418. The van der Waals surface area contributed by atoms with Crippen molar-refractivity contribution in [2.45, 2.75) is 19.8 Å². The van der Waals surface area contributed by atoms with Crippen LogP contribution >= 0.6 is 0 Å². The third-order valence-electron chi connectivity index (χ3n) is 2.39. The van der Waals surface area contributed by atoms with Crippen molar-refractivity contribution < 1.29 is 4.79 Å². The minimum absolute atomic E-state index is 0.0421. The number of hydrogen-bond donors (Lipinski definition) is 0. The summed E-state index contributed by atoms with van der Waals surface area (Å²) in [4.78, 5) is 13.3. The van der Waals surface area contributed by atoms with Crippen molar-refractivity contribution in [3.8, 4) is 6.07 Å². The first kappa shape index (κ1) is 13.0. The lowest BCUT2D eigenvalue weighted by molar-refractivity contribution is -0.116. The maximum Gasteiger partial charge on any atom is 0.223 e. The number of rotatable bonds is 5. The van der Waals surface area contributed by atoms with Gasteiger partial charge in [0.1, 0.15) is 0 Å². The molecule has 0 bridgehead atoms. The molecule has 0 saturated heterocycles. The summed E-state index contributed by atoms with van der Waals surface area (Å²) >= 11 is 0. The Kier molecular flexibility index (Phi) is 5.53. The van der Waals surface area contributed by atoms with Gasteiger partial charge >= 0.3 is 0 Å². The van der Waals surface area contributed by atoms with Gasteiger partial charge in [0, 0.05) is 25.2 Å². The van der Waals surface area contributed by atoms with Gasteiger partial charge < -0.3 is 4.90 Å². The van der Waals surface area contributed by atoms with Crippen LogP contribution in [0.4, 0.5) is 5.69 Å². The molecule has 0 aliphatic heterocycles. The second-order valence-corrected chi connectivity index (χ2v) is 3.68. The molecule has 0 N–H and O–H groups in total. The summed E-state index contributed by atoms with van der Waals surface area (Å²) in [5.41, 5.74) is 0.921. The van der Waals surface area contributed by atoms with Gasteiger partial charge in [-0.3, -0.25) is 4.79 Å². The van der Waals surface area contributed by atoms with Gasteiger partial charge in [0.2, 0.25) is 5.91 Å². The molecule has 88 valence electrons. The predicted octanol–water partition coefficient (Wildman–Crippen LogP) is 2.90. The van der Waals surface area contributed by atoms with E-state index in [4.69, 9.17) is 5.26 Å². The summed E-state index contributed by atoms with van der Waals surface area (Å²) in [7, 11) is 0. The van der Waals surface area contributed by atoms with Crippen LogP contribution in [0.5, 0.6) is 0 Å². The maximum absolute atomic E-state index is 11.5. The van der Waals surface area contributed by atoms with Crippen LogP contribution in [-0.2, 0) is 4.79 Å². The zero-order valence-corrected chi connectivity index (χ0v) is 9.97. The second kappa shape index (κ2) is 7.24. The Labute approximate surface area is 102 Å². The van der Waals surface area contributed by atoms with E-state index in [1.165, 1.54) is 6.08 Å². The lowest BCUT2D eigenvalue weighted by Crippen LogP contribution is -2.29. The van der Waals surface area contributed by atoms with Gasteiger partial charge in [-0.15, -0.1) is 0 Å². The molecule has 1 rings (SSSR count). The van der Waals surface area contributed by atoms with E-state index in [0.717, 1.165) is 18.5 Å². The van der Waals surface area contributed by atoms with Crippen LogP contribution in [0.25, 0.3) is 0 Å². The van der Waals surface area contributed by atoms with Crippen LogP contribution in [0.15, 0.2) is 42.5 Å². The highest BCUT2D eigenvalue weighted by atomic mass is 16.2. The maximum atomic E-state index is 11.5. The number of anilines is 1. The van der Waals surface area contributed by atoms with Crippen LogP contribution in [-0.4, -0.2) is 12.5 Å². The molecule has 17 heavy (non-hydrogen) atoms. The Balaban J connectivity index is 2.54. The SMILES string of the molecule is CC(=O)N(CCC/C=C/C#N)c1ccccc1. The molecule has 0 saturated carbocycles. The molecule has 3 heteroatoms. The average molecular weight is 228 g/mol. The molecule has 3 nitrogen and oxygen atoms in total. The molecule has 0 spiro atoms. The molecule has 0 unspecified atom stereocenters. The average Bonchev–Trinajstić information content (AvgIpc) is 2.34. The molecule has 0 atom stereocenters. The van der Waals surface area contributed by atoms with Gasteiger partial charge in [-0.25, -0.2) is 0 Å². The molecule has 1 amide bonds. The minimum Gasteiger partial charge on any atom is -0.313 e. The first-order chi connectivity index (χ1) is 8.25. The quantitative estimate of drug-likeness (QED) is 0.574. The van der Waals surface area contributed by atoms with Gasteiger partial charge in [0.15, 0.2) is 0 Å². The summed E-state index contributed by atoms with van der Waals surface area (Å²) in [6.07, 6.45) is 4.96. The molecule has 1 aromatic carbocycles. The highest BCUT2D eigenvalue weighted by Gasteiger charge is 2.09. The molecule has 0 aliphatic rings. The molecule has 0 aliphatic carbocycles. The number of benzene rings is 1. The fraction of sp³-hybridized carbons (Fsp3) is 0.286. The minimum atomic E-state index is 0.0421. The standard InChI is InChI=1S/C14H16N2O/c1-13(17)16(12-8-3-2-7-11-15)14-9-5-4-6-10-14/h2,4-7,9-10H,3,8,12H2,1H3/b7-2+. The lowest BCUT2D eigenvalue weighted by atomic mass is 10.2. The number of carbonyl (C=O) groups is 1. The van der Waals surface area contributed by atoms with Crippen molar-refractivity contribution in [2.75, 3.05) is 11.4 Å². The molecular weight excluding hydrogens is 212 g/mol. The van der Waals surface area contributed by atoms with E-state index in [1.54, 1.807) is 11.8 Å². The van der Waals surface area contributed by atoms with Crippen LogP contribution in [0.1, 0.15) is 19.8 Å². The van der Waals surface area contributed by atoms with E-state index in [2.05, 4.69) is 0 Å². The number of para-hydroxylation sites is 1. The monoisotopic (exact) mass is 228 g/mol. The normalized spacial score (nSPS) is 10.1. The number of unbranched alkanes of at least 4 members (excludes halogenated alkanes) is 1. The van der Waals surface area contributed by atoms with Gasteiger partial charge in [-0.2, -0.15) is 5.26 Å². The van der Waals surface area contributed by atoms with Crippen molar-refractivity contribution in [2.24, 2.45) is 0 Å². The Morgan fingerprint density at radius 1 is 1.41 bits per heavy atom. The van der Waals surface area contributed by atoms with Crippen molar-refractivity contribution in [3.63, 3.8) is 0 Å². The van der Waals surface area contributed by atoms with E-state index in [9.17, 15) is 4.79 Å². The van der Waals surface area contributed by atoms with Crippen LogP contribution in [0, 0.1) is 11.3 Å². The molecule has 1 aromatic rings. The van der Waals surface area contributed by atoms with E-state index in [1.807, 2.05) is 42.5 Å². The number of hydrogen-bond acceptors (Lipinski definition) is 2. The van der Waals surface area contributed by atoms with Gasteiger partial charge in [0.25, 0.3) is 0 Å². The molecule has 0 aromatic heterocycles. The molecule has 0 radical (unpaired) electrons. The van der Waals surface area contributed by atoms with Crippen molar-refractivity contribution in [1.29, 1.82) is 5.26 Å². The van der Waals surface area contributed by atoms with Crippen LogP contribution in [0.2, 0.25) is 0 Å². The predicted molar refractivity (Wildman–Crippen MR) is 68.5 cm³/mol. The first-order valence-electron chi connectivity index (χ1n) is 5.63. The van der Waals surface area contributed by atoms with E-state index < -0.39 is 0 Å². The van der Waals surface area contributed by atoms with Gasteiger partial charge in [-0.05, 0) is 25.0 Å². The second-order valence-electron chi connectivity index (χ2n) is 3.68. The zero-order chi connectivity index (χ0) is 12.5. The highest BCUT2D eigenvalue weighted by molar-refractivity contribution is 5.91. The fourth-order valence-corrected chi connectivity index (χ4v) is 1.58. The number of carbonyl (C=O) groups excluding carboxylic acids is 1.